The van der Waals surface area contributed by atoms with Gasteiger partial charge in [-0.25, -0.2) is 0 Å². The fourth-order valence-corrected chi connectivity index (χ4v) is 1.65. The molecule has 1 atom stereocenters. The quantitative estimate of drug-likeness (QED) is 0.665. The number of nitrogens with two attached hydrogens (primary N) is 1. The molecule has 1 aromatic rings. The summed E-state index contributed by atoms with van der Waals surface area (Å²) >= 11 is 0. The van der Waals surface area contributed by atoms with Gasteiger partial charge in [-0.3, -0.25) is 9.59 Å². The summed E-state index contributed by atoms with van der Waals surface area (Å²) in [5.74, 6) is -0.683. The molecule has 4 N–H and O–H groups in total. The zero-order valence-corrected chi connectivity index (χ0v) is 12.1. The molecule has 0 aromatic heterocycles. The van der Waals surface area contributed by atoms with Crippen LogP contribution in [0.1, 0.15) is 20.3 Å². The number of carbonyl (C=O) groups is 2. The van der Waals surface area contributed by atoms with E-state index in [2.05, 4.69) is 5.32 Å². The molecule has 1 unspecified atom stereocenters. The second-order valence-electron chi connectivity index (χ2n) is 4.22. The Balaban J connectivity index is 2.89. The minimum atomic E-state index is -1.13. The molecule has 116 valence electrons. The Hall–Kier alpha value is -2.28. The van der Waals surface area contributed by atoms with E-state index in [0.29, 0.717) is 30.4 Å². The Morgan fingerprint density at radius 2 is 1.95 bits per heavy atom. The van der Waals surface area contributed by atoms with Gasteiger partial charge in [-0.2, -0.15) is 0 Å². The summed E-state index contributed by atoms with van der Waals surface area (Å²) in [6.45, 7) is 4.58. The molecule has 0 radical (unpaired) electrons. The van der Waals surface area contributed by atoms with Crippen molar-refractivity contribution < 1.29 is 24.2 Å². The third-order valence-corrected chi connectivity index (χ3v) is 2.55. The van der Waals surface area contributed by atoms with Crippen molar-refractivity contribution in [3.8, 4) is 11.5 Å². The predicted molar refractivity (Wildman–Crippen MR) is 77.6 cm³/mol. The highest BCUT2D eigenvalue weighted by Crippen LogP contribution is 2.29. The maximum absolute atomic E-state index is 11.9. The largest absolute Gasteiger partial charge is 0.494 e. The number of ether oxygens (including phenoxy) is 2. The molecule has 0 aliphatic carbocycles. The molecule has 0 bridgehead atoms. The highest BCUT2D eigenvalue weighted by Gasteiger charge is 2.19. The van der Waals surface area contributed by atoms with E-state index in [9.17, 15) is 9.59 Å². The zero-order valence-electron chi connectivity index (χ0n) is 12.1. The Kier molecular flexibility index (Phi) is 6.48. The first-order valence-corrected chi connectivity index (χ1v) is 6.65. The number of carbonyl (C=O) groups excluding carboxylic acids is 1. The summed E-state index contributed by atoms with van der Waals surface area (Å²) in [5.41, 5.74) is 5.92. The van der Waals surface area contributed by atoms with Gasteiger partial charge in [0.2, 0.25) is 5.91 Å². The molecule has 1 amide bonds. The van der Waals surface area contributed by atoms with Crippen LogP contribution in [0.3, 0.4) is 0 Å². The Labute approximate surface area is 123 Å². The van der Waals surface area contributed by atoms with Gasteiger partial charge in [0.25, 0.3) is 0 Å². The first kappa shape index (κ1) is 16.8. The van der Waals surface area contributed by atoms with E-state index >= 15 is 0 Å². The summed E-state index contributed by atoms with van der Waals surface area (Å²) in [5, 5.41) is 11.2. The summed E-state index contributed by atoms with van der Waals surface area (Å²) in [6.07, 6.45) is -0.443. The van der Waals surface area contributed by atoms with Gasteiger partial charge in [0.05, 0.1) is 31.4 Å². The van der Waals surface area contributed by atoms with Gasteiger partial charge in [0, 0.05) is 6.07 Å². The number of amides is 1. The van der Waals surface area contributed by atoms with Crippen molar-refractivity contribution in [1.82, 2.24) is 0 Å². The molecule has 0 aliphatic heterocycles. The van der Waals surface area contributed by atoms with Crippen molar-refractivity contribution in [2.75, 3.05) is 18.5 Å². The van der Waals surface area contributed by atoms with Crippen molar-refractivity contribution in [1.29, 1.82) is 0 Å². The average Bonchev–Trinajstić information content (AvgIpc) is 2.41. The Morgan fingerprint density at radius 1 is 1.29 bits per heavy atom. The van der Waals surface area contributed by atoms with Gasteiger partial charge < -0.3 is 25.6 Å². The van der Waals surface area contributed by atoms with E-state index in [4.69, 9.17) is 20.3 Å². The molecule has 0 fully saturated rings. The minimum Gasteiger partial charge on any atom is -0.494 e. The summed E-state index contributed by atoms with van der Waals surface area (Å²) in [7, 11) is 0. The third kappa shape index (κ3) is 5.31. The van der Waals surface area contributed by atoms with Gasteiger partial charge in [-0.15, -0.1) is 0 Å². The third-order valence-electron chi connectivity index (χ3n) is 2.55. The summed E-state index contributed by atoms with van der Waals surface area (Å²) < 4.78 is 10.8. The molecular weight excluding hydrogens is 276 g/mol. The van der Waals surface area contributed by atoms with Crippen molar-refractivity contribution in [2.45, 2.75) is 26.3 Å². The van der Waals surface area contributed by atoms with E-state index < -0.39 is 24.3 Å². The smallest absolute Gasteiger partial charge is 0.305 e. The van der Waals surface area contributed by atoms with E-state index in [1.165, 1.54) is 0 Å². The van der Waals surface area contributed by atoms with Crippen molar-refractivity contribution >= 4 is 17.6 Å². The molecule has 0 spiro atoms. The Bertz CT molecular complexity index is 504. The highest BCUT2D eigenvalue weighted by atomic mass is 16.5. The van der Waals surface area contributed by atoms with Crippen LogP contribution in [-0.2, 0) is 9.59 Å². The number of carboxylic acids is 1. The van der Waals surface area contributed by atoms with E-state index in [-0.39, 0.29) is 0 Å². The number of hydrogen-bond acceptors (Lipinski definition) is 5. The van der Waals surface area contributed by atoms with E-state index in [1.807, 2.05) is 13.8 Å². The fourth-order valence-electron chi connectivity index (χ4n) is 1.65. The molecule has 1 rings (SSSR count). The minimum absolute atomic E-state index is 0.397. The lowest BCUT2D eigenvalue weighted by atomic mass is 10.2. The van der Waals surface area contributed by atoms with Gasteiger partial charge in [0.1, 0.15) is 11.5 Å². The van der Waals surface area contributed by atoms with Crippen LogP contribution < -0.4 is 20.5 Å². The van der Waals surface area contributed by atoms with Crippen LogP contribution in [0.4, 0.5) is 5.69 Å². The molecule has 7 nitrogen and oxygen atoms in total. The molecule has 0 saturated carbocycles. The second-order valence-corrected chi connectivity index (χ2v) is 4.22. The summed E-state index contributed by atoms with van der Waals surface area (Å²) in [6, 6.07) is 3.88. The number of nitrogens with one attached hydrogen (secondary N) is 1. The SMILES string of the molecule is CCOc1ccc(OCC)c(NC(=O)C(N)CC(=O)O)c1. The standard InChI is InChI=1S/C14H20N2O5/c1-3-20-9-5-6-12(21-4-2)11(7-9)16-14(19)10(15)8-13(17)18/h5-7,10H,3-4,8,15H2,1-2H3,(H,16,19)(H,17,18). The maximum atomic E-state index is 11.9. The maximum Gasteiger partial charge on any atom is 0.305 e. The molecular formula is C14H20N2O5. The van der Waals surface area contributed by atoms with Crippen molar-refractivity contribution in [3.05, 3.63) is 18.2 Å². The lowest BCUT2D eigenvalue weighted by molar-refractivity contribution is -0.138. The average molecular weight is 296 g/mol. The monoisotopic (exact) mass is 296 g/mol. The van der Waals surface area contributed by atoms with Crippen LogP contribution in [0.25, 0.3) is 0 Å². The lowest BCUT2D eigenvalue weighted by Crippen LogP contribution is -2.37. The number of aliphatic carboxylic acids is 1. The van der Waals surface area contributed by atoms with Crippen LogP contribution in [0, 0.1) is 0 Å². The van der Waals surface area contributed by atoms with Gasteiger partial charge in [0.15, 0.2) is 0 Å². The van der Waals surface area contributed by atoms with Crippen molar-refractivity contribution in [3.63, 3.8) is 0 Å². The molecule has 1 aromatic carbocycles. The van der Waals surface area contributed by atoms with E-state index in [1.54, 1.807) is 18.2 Å². The Morgan fingerprint density at radius 3 is 2.52 bits per heavy atom. The van der Waals surface area contributed by atoms with Crippen LogP contribution in [0.15, 0.2) is 18.2 Å². The number of anilines is 1. The molecule has 7 heteroatoms. The molecule has 0 heterocycles. The fraction of sp³-hybridized carbons (Fsp3) is 0.429. The van der Waals surface area contributed by atoms with Crippen LogP contribution in [-0.4, -0.2) is 36.2 Å². The first-order valence-electron chi connectivity index (χ1n) is 6.65. The molecule has 0 saturated heterocycles. The van der Waals surface area contributed by atoms with Gasteiger partial charge in [-0.05, 0) is 26.0 Å². The number of benzene rings is 1. The lowest BCUT2D eigenvalue weighted by Gasteiger charge is -2.15. The number of carboxylic acid groups (broad SMARTS) is 1. The highest BCUT2D eigenvalue weighted by molar-refractivity contribution is 5.97. The predicted octanol–water partition coefficient (Wildman–Crippen LogP) is 1.22. The number of hydrogen-bond donors (Lipinski definition) is 3. The van der Waals surface area contributed by atoms with Crippen LogP contribution in [0.5, 0.6) is 11.5 Å². The van der Waals surface area contributed by atoms with Gasteiger partial charge >= 0.3 is 5.97 Å². The van der Waals surface area contributed by atoms with E-state index in [0.717, 1.165) is 0 Å². The molecule has 0 aliphatic rings. The molecule has 21 heavy (non-hydrogen) atoms. The normalized spacial score (nSPS) is 11.6. The van der Waals surface area contributed by atoms with Crippen LogP contribution in [0.2, 0.25) is 0 Å². The van der Waals surface area contributed by atoms with Crippen molar-refractivity contribution in [2.24, 2.45) is 5.73 Å². The van der Waals surface area contributed by atoms with Gasteiger partial charge in [-0.1, -0.05) is 0 Å². The zero-order chi connectivity index (χ0) is 15.8. The first-order chi connectivity index (χ1) is 9.97. The topological polar surface area (TPSA) is 111 Å². The van der Waals surface area contributed by atoms with Crippen LogP contribution >= 0.6 is 0 Å². The summed E-state index contributed by atoms with van der Waals surface area (Å²) in [4.78, 5) is 22.4. The second kappa shape index (κ2) is 8.11. The number of rotatable bonds is 8.